The van der Waals surface area contributed by atoms with Crippen LogP contribution in [0.2, 0.25) is 0 Å². The molecule has 0 fully saturated rings. The smallest absolute Gasteiger partial charge is 0.0803 e. The first-order valence-electron chi connectivity index (χ1n) is 4.89. The Morgan fingerprint density at radius 2 is 1.71 bits per heavy atom. The van der Waals surface area contributed by atoms with Gasteiger partial charge in [-0.15, -0.1) is 0 Å². The van der Waals surface area contributed by atoms with Crippen molar-refractivity contribution >= 4 is 22.6 Å². The first-order chi connectivity index (χ1) is 6.57. The molecule has 0 aliphatic rings. The second-order valence-electron chi connectivity index (χ2n) is 3.78. The number of hydrogen-bond acceptors (Lipinski definition) is 1. The summed E-state index contributed by atoms with van der Waals surface area (Å²) >= 11 is 2.41. The minimum absolute atomic E-state index is 0.181. The second-order valence-corrected chi connectivity index (χ2v) is 4.86. The molecule has 78 valence electrons. The average molecular weight is 304 g/mol. The van der Waals surface area contributed by atoms with Crippen LogP contribution in [0.5, 0.6) is 0 Å². The molecule has 1 unspecified atom stereocenters. The zero-order valence-electron chi connectivity index (χ0n) is 9.17. The van der Waals surface area contributed by atoms with Crippen LogP contribution in [0.25, 0.3) is 0 Å². The van der Waals surface area contributed by atoms with E-state index in [9.17, 15) is 0 Å². The van der Waals surface area contributed by atoms with Gasteiger partial charge in [-0.2, -0.15) is 0 Å². The van der Waals surface area contributed by atoms with E-state index >= 15 is 0 Å². The molecule has 14 heavy (non-hydrogen) atoms. The normalized spacial score (nSPS) is 13.3. The van der Waals surface area contributed by atoms with Crippen LogP contribution in [0, 0.1) is 3.57 Å². The van der Waals surface area contributed by atoms with Crippen molar-refractivity contribution in [2.75, 3.05) is 7.11 Å². The van der Waals surface area contributed by atoms with Crippen molar-refractivity contribution in [2.45, 2.75) is 32.8 Å². The van der Waals surface area contributed by atoms with Crippen molar-refractivity contribution in [2.24, 2.45) is 0 Å². The Labute approximate surface area is 100.0 Å². The molecule has 1 nitrogen and oxygen atoms in total. The molecule has 0 aromatic heterocycles. The molecule has 0 amide bonds. The lowest BCUT2D eigenvalue weighted by Gasteiger charge is -2.16. The van der Waals surface area contributed by atoms with Gasteiger partial charge in [0.25, 0.3) is 0 Å². The van der Waals surface area contributed by atoms with Crippen LogP contribution in [-0.2, 0) is 4.74 Å². The maximum absolute atomic E-state index is 5.35. The van der Waals surface area contributed by atoms with E-state index in [0.29, 0.717) is 5.92 Å². The summed E-state index contributed by atoms with van der Waals surface area (Å²) in [6, 6.07) is 6.45. The maximum Gasteiger partial charge on any atom is 0.0803 e. The molecule has 0 heterocycles. The van der Waals surface area contributed by atoms with E-state index in [1.807, 2.05) is 0 Å². The van der Waals surface area contributed by atoms with Gasteiger partial charge in [0.15, 0.2) is 0 Å². The molecule has 0 saturated carbocycles. The summed E-state index contributed by atoms with van der Waals surface area (Å²) in [5, 5.41) is 0. The molecule has 0 aliphatic carbocycles. The van der Waals surface area contributed by atoms with Gasteiger partial charge in [0.2, 0.25) is 0 Å². The van der Waals surface area contributed by atoms with E-state index in [0.717, 1.165) is 0 Å². The van der Waals surface area contributed by atoms with Crippen LogP contribution in [-0.4, -0.2) is 7.11 Å². The van der Waals surface area contributed by atoms with Gasteiger partial charge in [-0.3, -0.25) is 0 Å². The van der Waals surface area contributed by atoms with Gasteiger partial charge in [-0.25, -0.2) is 0 Å². The van der Waals surface area contributed by atoms with Gasteiger partial charge in [0, 0.05) is 10.7 Å². The average Bonchev–Trinajstić information content (AvgIpc) is 2.16. The molecule has 1 atom stereocenters. The van der Waals surface area contributed by atoms with Gasteiger partial charge < -0.3 is 4.74 Å². The largest absolute Gasteiger partial charge is 0.377 e. The van der Waals surface area contributed by atoms with Gasteiger partial charge in [0.05, 0.1) is 6.10 Å². The predicted octanol–water partition coefficient (Wildman–Crippen LogP) is 4.12. The topological polar surface area (TPSA) is 9.23 Å². The third kappa shape index (κ3) is 2.48. The molecule has 1 aromatic carbocycles. The van der Waals surface area contributed by atoms with Crippen molar-refractivity contribution < 1.29 is 4.74 Å². The summed E-state index contributed by atoms with van der Waals surface area (Å²) in [6.07, 6.45) is 0.181. The lowest BCUT2D eigenvalue weighted by atomic mass is 9.99. The van der Waals surface area contributed by atoms with E-state index < -0.39 is 0 Å². The van der Waals surface area contributed by atoms with Crippen LogP contribution in [0.1, 0.15) is 43.9 Å². The Morgan fingerprint density at radius 1 is 1.14 bits per heavy atom. The first kappa shape index (κ1) is 12.0. The summed E-state index contributed by atoms with van der Waals surface area (Å²) in [5.74, 6) is 0.575. The maximum atomic E-state index is 5.35. The number of benzene rings is 1. The molecule has 1 aromatic rings. The van der Waals surface area contributed by atoms with Crippen molar-refractivity contribution in [1.82, 2.24) is 0 Å². The second kappa shape index (κ2) is 5.12. The molecule has 1 rings (SSSR count). The number of rotatable bonds is 3. The van der Waals surface area contributed by atoms with Gasteiger partial charge >= 0.3 is 0 Å². The fourth-order valence-electron chi connectivity index (χ4n) is 1.46. The first-order valence-corrected chi connectivity index (χ1v) is 5.97. The zero-order chi connectivity index (χ0) is 10.7. The standard InChI is InChI=1S/C12H17IO/c1-8(2)10-6-5-7-11(12(10)13)9(3)14-4/h5-9H,1-4H3. The summed E-state index contributed by atoms with van der Waals surface area (Å²) in [5.41, 5.74) is 2.70. The SMILES string of the molecule is COC(C)c1cccc(C(C)C)c1I. The molecule has 2 heteroatoms. The highest BCUT2D eigenvalue weighted by atomic mass is 127. The number of ether oxygens (including phenoxy) is 1. The molecule has 0 aliphatic heterocycles. The molecule has 0 N–H and O–H groups in total. The number of halogens is 1. The highest BCUT2D eigenvalue weighted by molar-refractivity contribution is 14.1. The Balaban J connectivity index is 3.13. The van der Waals surface area contributed by atoms with Crippen molar-refractivity contribution in [3.05, 3.63) is 32.9 Å². The molecule has 0 radical (unpaired) electrons. The Kier molecular flexibility index (Phi) is 4.38. The minimum Gasteiger partial charge on any atom is -0.377 e. The highest BCUT2D eigenvalue weighted by Crippen LogP contribution is 2.28. The molecular weight excluding hydrogens is 287 g/mol. The van der Waals surface area contributed by atoms with E-state index in [1.165, 1.54) is 14.7 Å². The Morgan fingerprint density at radius 3 is 2.21 bits per heavy atom. The monoisotopic (exact) mass is 304 g/mol. The van der Waals surface area contributed by atoms with Crippen molar-refractivity contribution in [1.29, 1.82) is 0 Å². The minimum atomic E-state index is 0.181. The van der Waals surface area contributed by atoms with Crippen LogP contribution in [0.3, 0.4) is 0 Å². The van der Waals surface area contributed by atoms with E-state index in [4.69, 9.17) is 4.74 Å². The van der Waals surface area contributed by atoms with Crippen LogP contribution in [0.4, 0.5) is 0 Å². The highest BCUT2D eigenvalue weighted by Gasteiger charge is 2.12. The lowest BCUT2D eigenvalue weighted by molar-refractivity contribution is 0.119. The van der Waals surface area contributed by atoms with Crippen molar-refractivity contribution in [3.63, 3.8) is 0 Å². The summed E-state index contributed by atoms with van der Waals surface area (Å²) in [7, 11) is 1.75. The molecule has 0 spiro atoms. The fourth-order valence-corrected chi connectivity index (χ4v) is 2.88. The van der Waals surface area contributed by atoms with E-state index in [1.54, 1.807) is 7.11 Å². The Hall–Kier alpha value is -0.0900. The number of methoxy groups -OCH3 is 1. The Bertz CT molecular complexity index is 307. The summed E-state index contributed by atoms with van der Waals surface area (Å²) in [6.45, 7) is 6.53. The van der Waals surface area contributed by atoms with Crippen LogP contribution < -0.4 is 0 Å². The quantitative estimate of drug-likeness (QED) is 0.763. The van der Waals surface area contributed by atoms with Gasteiger partial charge in [-0.1, -0.05) is 32.0 Å². The van der Waals surface area contributed by atoms with Crippen molar-refractivity contribution in [3.8, 4) is 0 Å². The summed E-state index contributed by atoms with van der Waals surface area (Å²) < 4.78 is 6.69. The molecule has 0 bridgehead atoms. The third-order valence-corrected chi connectivity index (χ3v) is 3.72. The van der Waals surface area contributed by atoms with Crippen LogP contribution >= 0.6 is 22.6 Å². The number of hydrogen-bond donors (Lipinski definition) is 0. The lowest BCUT2D eigenvalue weighted by Crippen LogP contribution is -2.02. The zero-order valence-corrected chi connectivity index (χ0v) is 11.3. The molecular formula is C12H17IO. The van der Waals surface area contributed by atoms with E-state index in [2.05, 4.69) is 61.6 Å². The van der Waals surface area contributed by atoms with Gasteiger partial charge in [0.1, 0.15) is 0 Å². The fraction of sp³-hybridized carbons (Fsp3) is 0.500. The van der Waals surface area contributed by atoms with E-state index in [-0.39, 0.29) is 6.10 Å². The molecule has 0 saturated heterocycles. The summed E-state index contributed by atoms with van der Waals surface area (Å²) in [4.78, 5) is 0. The van der Waals surface area contributed by atoms with Gasteiger partial charge in [-0.05, 0) is 46.6 Å². The predicted molar refractivity (Wildman–Crippen MR) is 68.7 cm³/mol. The van der Waals surface area contributed by atoms with Crippen LogP contribution in [0.15, 0.2) is 18.2 Å². The third-order valence-electron chi connectivity index (χ3n) is 2.47.